The van der Waals surface area contributed by atoms with Crippen molar-refractivity contribution in [3.8, 4) is 0 Å². The number of para-hydroxylation sites is 1. The number of sulfonamides is 1. The van der Waals surface area contributed by atoms with Crippen LogP contribution in [0, 0.1) is 13.8 Å². The molecule has 0 saturated heterocycles. The number of rotatable bonds is 9. The van der Waals surface area contributed by atoms with Crippen molar-refractivity contribution in [1.29, 1.82) is 0 Å². The van der Waals surface area contributed by atoms with Gasteiger partial charge in [0.2, 0.25) is 5.91 Å². The number of hydrogen-bond donors (Lipinski definition) is 2. The third-order valence-corrected chi connectivity index (χ3v) is 6.88. The summed E-state index contributed by atoms with van der Waals surface area (Å²) in [6.07, 6.45) is 0.780. The van der Waals surface area contributed by atoms with Crippen LogP contribution in [-0.4, -0.2) is 33.3 Å². The maximum atomic E-state index is 13.5. The highest BCUT2D eigenvalue weighted by molar-refractivity contribution is 7.92. The number of amides is 2. The number of aryl methyl sites for hydroxylation is 2. The number of anilines is 2. The molecule has 0 bridgehead atoms. The molecule has 34 heavy (non-hydrogen) atoms. The van der Waals surface area contributed by atoms with Crippen molar-refractivity contribution < 1.29 is 18.0 Å². The smallest absolute Gasteiger partial charge is 0.264 e. The lowest BCUT2D eigenvalue weighted by Crippen LogP contribution is -2.38. The van der Waals surface area contributed by atoms with Crippen molar-refractivity contribution in [1.82, 2.24) is 5.32 Å². The van der Waals surface area contributed by atoms with E-state index in [1.807, 2.05) is 26.8 Å². The van der Waals surface area contributed by atoms with Gasteiger partial charge in [0.25, 0.3) is 15.9 Å². The molecule has 0 unspecified atom stereocenters. The Kier molecular flexibility index (Phi) is 8.07. The second-order valence-electron chi connectivity index (χ2n) is 8.02. The minimum absolute atomic E-state index is 0.0845. The number of carbonyl (C=O) groups excluding carboxylic acids is 2. The van der Waals surface area contributed by atoms with Gasteiger partial charge in [0.15, 0.2) is 0 Å². The molecule has 0 spiro atoms. The molecular weight excluding hydrogens is 450 g/mol. The number of nitrogens with zero attached hydrogens (tertiary/aromatic N) is 1. The van der Waals surface area contributed by atoms with E-state index in [0.29, 0.717) is 23.5 Å². The molecule has 7 nitrogen and oxygen atoms in total. The van der Waals surface area contributed by atoms with E-state index in [9.17, 15) is 18.0 Å². The van der Waals surface area contributed by atoms with Gasteiger partial charge in [-0.2, -0.15) is 0 Å². The van der Waals surface area contributed by atoms with Crippen molar-refractivity contribution in [2.45, 2.75) is 32.1 Å². The largest absolute Gasteiger partial charge is 0.352 e. The van der Waals surface area contributed by atoms with Gasteiger partial charge in [-0.15, -0.1) is 0 Å². The highest BCUT2D eigenvalue weighted by atomic mass is 32.2. The molecule has 3 rings (SSSR count). The first kappa shape index (κ1) is 25.0. The molecule has 0 atom stereocenters. The fourth-order valence-corrected chi connectivity index (χ4v) is 5.00. The fourth-order valence-electron chi connectivity index (χ4n) is 3.57. The van der Waals surface area contributed by atoms with E-state index >= 15 is 0 Å². The Morgan fingerprint density at radius 2 is 1.50 bits per heavy atom. The highest BCUT2D eigenvalue weighted by Crippen LogP contribution is 2.26. The maximum Gasteiger partial charge on any atom is 0.264 e. The Morgan fingerprint density at radius 3 is 2.15 bits per heavy atom. The number of hydrogen-bond acceptors (Lipinski definition) is 4. The van der Waals surface area contributed by atoms with Crippen LogP contribution in [0.25, 0.3) is 0 Å². The van der Waals surface area contributed by atoms with Crippen LogP contribution in [-0.2, 0) is 14.8 Å². The van der Waals surface area contributed by atoms with Crippen LogP contribution in [0.4, 0.5) is 11.4 Å². The molecule has 2 N–H and O–H groups in total. The van der Waals surface area contributed by atoms with E-state index in [-0.39, 0.29) is 10.8 Å². The molecule has 2 amide bonds. The van der Waals surface area contributed by atoms with Crippen LogP contribution >= 0.6 is 0 Å². The van der Waals surface area contributed by atoms with Gasteiger partial charge in [-0.1, -0.05) is 43.3 Å². The highest BCUT2D eigenvalue weighted by Gasteiger charge is 2.28. The van der Waals surface area contributed by atoms with E-state index < -0.39 is 22.5 Å². The van der Waals surface area contributed by atoms with Crippen LogP contribution in [0.15, 0.2) is 77.7 Å². The molecule has 0 saturated carbocycles. The Bertz CT molecular complexity index is 1250. The average Bonchev–Trinajstić information content (AvgIpc) is 2.81. The Balaban J connectivity index is 1.94. The van der Waals surface area contributed by atoms with Crippen LogP contribution < -0.4 is 14.9 Å². The summed E-state index contributed by atoms with van der Waals surface area (Å²) in [5.41, 5.74) is 2.78. The van der Waals surface area contributed by atoms with Gasteiger partial charge in [0.1, 0.15) is 6.54 Å². The zero-order chi connectivity index (χ0) is 24.7. The monoisotopic (exact) mass is 479 g/mol. The van der Waals surface area contributed by atoms with Gasteiger partial charge in [-0.3, -0.25) is 13.9 Å². The molecule has 178 valence electrons. The fraction of sp³-hybridized carbons (Fsp3) is 0.231. The summed E-state index contributed by atoms with van der Waals surface area (Å²) in [5, 5.41) is 5.51. The number of carbonyl (C=O) groups is 2. The van der Waals surface area contributed by atoms with Crippen LogP contribution in [0.3, 0.4) is 0 Å². The maximum absolute atomic E-state index is 13.5. The van der Waals surface area contributed by atoms with Crippen molar-refractivity contribution >= 4 is 33.2 Å². The van der Waals surface area contributed by atoms with Crippen molar-refractivity contribution in [3.63, 3.8) is 0 Å². The summed E-state index contributed by atoms with van der Waals surface area (Å²) in [4.78, 5) is 25.7. The molecule has 0 aliphatic carbocycles. The summed E-state index contributed by atoms with van der Waals surface area (Å²) in [6.45, 7) is 5.74. The summed E-state index contributed by atoms with van der Waals surface area (Å²) in [6, 6.07) is 20.0. The molecule has 0 aromatic heterocycles. The summed E-state index contributed by atoms with van der Waals surface area (Å²) < 4.78 is 28.1. The van der Waals surface area contributed by atoms with Gasteiger partial charge in [-0.25, -0.2) is 8.42 Å². The zero-order valence-corrected chi connectivity index (χ0v) is 20.4. The third kappa shape index (κ3) is 6.02. The van der Waals surface area contributed by atoms with E-state index in [1.165, 1.54) is 12.1 Å². The molecule has 0 heterocycles. The Morgan fingerprint density at radius 1 is 0.882 bits per heavy atom. The van der Waals surface area contributed by atoms with Crippen LogP contribution in [0.2, 0.25) is 0 Å². The van der Waals surface area contributed by atoms with Crippen molar-refractivity contribution in [3.05, 3.63) is 89.5 Å². The molecule has 0 radical (unpaired) electrons. The zero-order valence-electron chi connectivity index (χ0n) is 19.5. The Hall–Kier alpha value is -3.65. The first-order valence-electron chi connectivity index (χ1n) is 11.1. The average molecular weight is 480 g/mol. The quantitative estimate of drug-likeness (QED) is 0.479. The molecule has 0 fully saturated rings. The minimum atomic E-state index is -4.02. The molecule has 8 heteroatoms. The molecule has 0 aliphatic heterocycles. The lowest BCUT2D eigenvalue weighted by atomic mass is 10.1. The van der Waals surface area contributed by atoms with E-state index in [1.54, 1.807) is 54.6 Å². The number of benzene rings is 3. The van der Waals surface area contributed by atoms with E-state index in [0.717, 1.165) is 21.9 Å². The standard InChI is InChI=1S/C26H29N3O4S/c1-4-14-27-26(31)23-12-8-9-13-24(23)28-25(30)18-29(21-16-19(2)15-20(3)17-21)34(32,33)22-10-6-5-7-11-22/h5-13,15-17H,4,14,18H2,1-3H3,(H,27,31)(H,28,30). The Labute approximate surface area is 200 Å². The van der Waals surface area contributed by atoms with Gasteiger partial charge in [0.05, 0.1) is 21.8 Å². The lowest BCUT2D eigenvalue weighted by molar-refractivity contribution is -0.114. The predicted octanol–water partition coefficient (Wildman–Crippen LogP) is 4.28. The second-order valence-corrected chi connectivity index (χ2v) is 9.88. The SMILES string of the molecule is CCCNC(=O)c1ccccc1NC(=O)CN(c1cc(C)cc(C)c1)S(=O)(=O)c1ccccc1. The van der Waals surface area contributed by atoms with E-state index in [2.05, 4.69) is 10.6 Å². The minimum Gasteiger partial charge on any atom is -0.352 e. The van der Waals surface area contributed by atoms with Crippen molar-refractivity contribution in [2.75, 3.05) is 22.7 Å². The van der Waals surface area contributed by atoms with Crippen LogP contribution in [0.1, 0.15) is 34.8 Å². The molecule has 0 aliphatic rings. The van der Waals surface area contributed by atoms with Gasteiger partial charge < -0.3 is 10.6 Å². The summed E-state index contributed by atoms with van der Waals surface area (Å²) >= 11 is 0. The first-order chi connectivity index (χ1) is 16.2. The first-order valence-corrected chi connectivity index (χ1v) is 12.5. The lowest BCUT2D eigenvalue weighted by Gasteiger charge is -2.25. The summed E-state index contributed by atoms with van der Waals surface area (Å²) in [5.74, 6) is -0.866. The molecule has 3 aromatic rings. The van der Waals surface area contributed by atoms with Gasteiger partial charge in [-0.05, 0) is 67.8 Å². The third-order valence-electron chi connectivity index (χ3n) is 5.09. The van der Waals surface area contributed by atoms with Gasteiger partial charge >= 0.3 is 0 Å². The van der Waals surface area contributed by atoms with Gasteiger partial charge in [0, 0.05) is 6.54 Å². The normalized spacial score (nSPS) is 11.0. The van der Waals surface area contributed by atoms with E-state index in [4.69, 9.17) is 0 Å². The van der Waals surface area contributed by atoms with Crippen LogP contribution in [0.5, 0.6) is 0 Å². The second kappa shape index (κ2) is 11.0. The molecule has 3 aromatic carbocycles. The predicted molar refractivity (Wildman–Crippen MR) is 135 cm³/mol. The molecular formula is C26H29N3O4S. The number of nitrogens with one attached hydrogen (secondary N) is 2. The van der Waals surface area contributed by atoms with Crippen molar-refractivity contribution in [2.24, 2.45) is 0 Å². The topological polar surface area (TPSA) is 95.6 Å². The summed E-state index contributed by atoms with van der Waals surface area (Å²) in [7, 11) is -4.02.